The van der Waals surface area contributed by atoms with Gasteiger partial charge in [0.1, 0.15) is 0 Å². The molecule has 1 N–H and O–H groups in total. The second-order valence-electron chi connectivity index (χ2n) is 8.18. The van der Waals surface area contributed by atoms with E-state index in [4.69, 9.17) is 16.3 Å². The lowest BCUT2D eigenvalue weighted by Crippen LogP contribution is -2.44. The molecule has 0 radical (unpaired) electrons. The highest BCUT2D eigenvalue weighted by Crippen LogP contribution is 2.42. The van der Waals surface area contributed by atoms with Crippen LogP contribution in [0.2, 0.25) is 5.02 Å². The van der Waals surface area contributed by atoms with Gasteiger partial charge >= 0.3 is 0 Å². The van der Waals surface area contributed by atoms with Crippen molar-refractivity contribution in [3.05, 3.63) is 58.6 Å². The van der Waals surface area contributed by atoms with Crippen LogP contribution in [0.4, 0.5) is 5.69 Å². The highest BCUT2D eigenvalue weighted by molar-refractivity contribution is 8.15. The summed E-state index contributed by atoms with van der Waals surface area (Å²) in [5, 5.41) is 4.25. The van der Waals surface area contributed by atoms with Gasteiger partial charge in [-0.3, -0.25) is 4.79 Å². The van der Waals surface area contributed by atoms with Gasteiger partial charge in [0, 0.05) is 47.2 Å². The Morgan fingerprint density at radius 1 is 1.19 bits per heavy atom. The van der Waals surface area contributed by atoms with Gasteiger partial charge in [0.15, 0.2) is 5.17 Å². The highest BCUT2D eigenvalue weighted by atomic mass is 35.5. The van der Waals surface area contributed by atoms with Crippen LogP contribution in [0.1, 0.15) is 28.8 Å². The van der Waals surface area contributed by atoms with Gasteiger partial charge < -0.3 is 15.0 Å². The maximum absolute atomic E-state index is 13.0. The maximum Gasteiger partial charge on any atom is 0.257 e. The number of ether oxygens (including phenoxy) is 1. The van der Waals surface area contributed by atoms with E-state index in [2.05, 4.69) is 9.71 Å². The number of anilines is 1. The number of fused-ring (bicyclic) bond motifs is 3. The lowest BCUT2D eigenvalue weighted by Gasteiger charge is -2.38. The molecule has 0 unspecified atom stereocenters. The number of benzene rings is 2. The molecule has 32 heavy (non-hydrogen) atoms. The van der Waals surface area contributed by atoms with Crippen LogP contribution in [-0.4, -0.2) is 51.5 Å². The topological polar surface area (TPSA) is 88.1 Å². The summed E-state index contributed by atoms with van der Waals surface area (Å²) in [6, 6.07) is 13.3. The SMILES string of the molecule is O=C(NCC1(c2ccc(Cl)cc2)CCOCC1)c1ccc2c(c1)SC1=NS(=O)(=O)CCN12. The van der Waals surface area contributed by atoms with E-state index in [-0.39, 0.29) is 17.1 Å². The van der Waals surface area contributed by atoms with Crippen molar-refractivity contribution >= 4 is 50.1 Å². The molecule has 3 aliphatic rings. The number of hydrogen-bond donors (Lipinski definition) is 1. The van der Waals surface area contributed by atoms with E-state index in [9.17, 15) is 13.2 Å². The van der Waals surface area contributed by atoms with E-state index >= 15 is 0 Å². The first kappa shape index (κ1) is 21.8. The van der Waals surface area contributed by atoms with Gasteiger partial charge in [0.2, 0.25) is 0 Å². The Balaban J connectivity index is 1.34. The van der Waals surface area contributed by atoms with E-state index in [0.29, 0.717) is 42.1 Å². The van der Waals surface area contributed by atoms with Crippen molar-refractivity contribution in [3.8, 4) is 0 Å². The fourth-order valence-electron chi connectivity index (χ4n) is 4.36. The zero-order chi connectivity index (χ0) is 22.3. The molecule has 2 aromatic rings. The first-order valence-corrected chi connectivity index (χ1v) is 13.2. The first-order chi connectivity index (χ1) is 15.4. The second kappa shape index (κ2) is 8.37. The van der Waals surface area contributed by atoms with Crippen molar-refractivity contribution in [2.45, 2.75) is 23.2 Å². The van der Waals surface area contributed by atoms with Gasteiger partial charge in [-0.25, -0.2) is 8.42 Å². The lowest BCUT2D eigenvalue weighted by molar-refractivity contribution is 0.0487. The minimum atomic E-state index is -3.41. The smallest absolute Gasteiger partial charge is 0.257 e. The average Bonchev–Trinajstić information content (AvgIpc) is 3.14. The molecule has 3 heterocycles. The minimum Gasteiger partial charge on any atom is -0.381 e. The third-order valence-electron chi connectivity index (χ3n) is 6.23. The van der Waals surface area contributed by atoms with Crippen molar-refractivity contribution < 1.29 is 17.9 Å². The normalized spacial score (nSPS) is 20.8. The van der Waals surface area contributed by atoms with Crippen molar-refractivity contribution in [3.63, 3.8) is 0 Å². The quantitative estimate of drug-likeness (QED) is 0.705. The van der Waals surface area contributed by atoms with Gasteiger partial charge in [0.05, 0.1) is 11.4 Å². The predicted octanol–water partition coefficient (Wildman–Crippen LogP) is 3.43. The van der Waals surface area contributed by atoms with E-state index in [0.717, 1.165) is 29.0 Å². The van der Waals surface area contributed by atoms with Gasteiger partial charge in [0.25, 0.3) is 15.9 Å². The van der Waals surface area contributed by atoms with Crippen LogP contribution >= 0.6 is 23.4 Å². The van der Waals surface area contributed by atoms with Crippen LogP contribution in [0.5, 0.6) is 0 Å². The van der Waals surface area contributed by atoms with Crippen molar-refractivity contribution in [2.75, 3.05) is 37.0 Å². The van der Waals surface area contributed by atoms with Gasteiger partial charge in [-0.1, -0.05) is 23.7 Å². The molecule has 0 saturated carbocycles. The standard InChI is InChI=1S/C22H22ClN3O4S2/c23-17-4-2-16(3-5-17)22(7-10-30-11-8-22)14-24-20(27)15-1-6-18-19(13-15)31-21-25-32(28,29)12-9-26(18)21/h1-6,13H,7-12,14H2,(H,24,27). The molecule has 1 fully saturated rings. The number of carbonyl (C=O) groups excluding carboxylic acids is 1. The van der Waals surface area contributed by atoms with Crippen LogP contribution in [0.25, 0.3) is 0 Å². The number of carbonyl (C=O) groups is 1. The molecule has 7 nitrogen and oxygen atoms in total. The largest absolute Gasteiger partial charge is 0.381 e. The molecule has 5 rings (SSSR count). The molecule has 0 aliphatic carbocycles. The molecule has 3 aliphatic heterocycles. The number of amidine groups is 1. The summed E-state index contributed by atoms with van der Waals surface area (Å²) in [5.41, 5.74) is 2.37. The highest BCUT2D eigenvalue weighted by Gasteiger charge is 2.36. The zero-order valence-electron chi connectivity index (χ0n) is 17.2. The molecule has 0 spiro atoms. The molecule has 0 bridgehead atoms. The summed E-state index contributed by atoms with van der Waals surface area (Å²) in [5.74, 6) is -0.164. The number of nitrogens with one attached hydrogen (secondary N) is 1. The molecule has 2 aromatic carbocycles. The Bertz CT molecular complexity index is 1190. The van der Waals surface area contributed by atoms with Gasteiger partial charge in [-0.05, 0) is 60.5 Å². The summed E-state index contributed by atoms with van der Waals surface area (Å²) < 4.78 is 33.1. The number of halogens is 1. The summed E-state index contributed by atoms with van der Waals surface area (Å²) in [6.07, 6.45) is 1.64. The van der Waals surface area contributed by atoms with Crippen LogP contribution in [0.15, 0.2) is 51.8 Å². The average molecular weight is 492 g/mol. The summed E-state index contributed by atoms with van der Waals surface area (Å²) in [4.78, 5) is 15.7. The summed E-state index contributed by atoms with van der Waals surface area (Å²) in [7, 11) is -3.41. The Labute approximate surface area is 196 Å². The van der Waals surface area contributed by atoms with Crippen LogP contribution in [0.3, 0.4) is 0 Å². The number of hydrogen-bond acceptors (Lipinski definition) is 6. The zero-order valence-corrected chi connectivity index (χ0v) is 19.6. The monoisotopic (exact) mass is 491 g/mol. The van der Waals surface area contributed by atoms with E-state index in [1.807, 2.05) is 41.3 Å². The first-order valence-electron chi connectivity index (χ1n) is 10.4. The van der Waals surface area contributed by atoms with Gasteiger partial charge in [-0.15, -0.1) is 4.40 Å². The number of amides is 1. The molecule has 168 valence electrons. The Morgan fingerprint density at radius 2 is 1.94 bits per heavy atom. The fraction of sp³-hybridized carbons (Fsp3) is 0.364. The number of nitrogens with zero attached hydrogens (tertiary/aromatic N) is 2. The molecule has 1 saturated heterocycles. The minimum absolute atomic E-state index is 0.00473. The third-order valence-corrected chi connectivity index (χ3v) is 8.79. The fourth-order valence-corrected chi connectivity index (χ4v) is 6.78. The molecular formula is C22H22ClN3O4S2. The molecular weight excluding hydrogens is 470 g/mol. The predicted molar refractivity (Wildman–Crippen MR) is 126 cm³/mol. The third kappa shape index (κ3) is 4.14. The summed E-state index contributed by atoms with van der Waals surface area (Å²) in [6.45, 7) is 2.17. The van der Waals surface area contributed by atoms with Crippen LogP contribution in [0, 0.1) is 0 Å². The molecule has 0 aromatic heterocycles. The van der Waals surface area contributed by atoms with Crippen molar-refractivity contribution in [1.29, 1.82) is 0 Å². The van der Waals surface area contributed by atoms with E-state index in [1.54, 1.807) is 6.07 Å². The summed E-state index contributed by atoms with van der Waals surface area (Å²) >= 11 is 7.35. The van der Waals surface area contributed by atoms with Gasteiger partial charge in [-0.2, -0.15) is 0 Å². The van der Waals surface area contributed by atoms with E-state index in [1.165, 1.54) is 11.8 Å². The Morgan fingerprint density at radius 3 is 2.69 bits per heavy atom. The molecule has 1 amide bonds. The molecule has 0 atom stereocenters. The maximum atomic E-state index is 13.0. The Kier molecular flexibility index (Phi) is 5.69. The molecule has 10 heteroatoms. The number of thioether (sulfide) groups is 1. The Hall–Kier alpha value is -2.07. The van der Waals surface area contributed by atoms with Crippen molar-refractivity contribution in [2.24, 2.45) is 4.40 Å². The van der Waals surface area contributed by atoms with Crippen LogP contribution in [-0.2, 0) is 20.2 Å². The second-order valence-corrected chi connectivity index (χ2v) is 11.4. The number of sulfonamides is 1. The number of rotatable bonds is 4. The van der Waals surface area contributed by atoms with Crippen LogP contribution < -0.4 is 10.2 Å². The van der Waals surface area contributed by atoms with E-state index < -0.39 is 10.0 Å². The van der Waals surface area contributed by atoms with Crippen molar-refractivity contribution in [1.82, 2.24) is 5.32 Å². The lowest BCUT2D eigenvalue weighted by atomic mass is 9.74.